The maximum Gasteiger partial charge on any atom is 0.227 e. The molecule has 2 aromatic carbocycles. The summed E-state index contributed by atoms with van der Waals surface area (Å²) < 4.78 is 25.7. The molecule has 0 radical (unpaired) electrons. The molecule has 0 aliphatic rings. The molecule has 0 unspecified atom stereocenters. The van der Waals surface area contributed by atoms with Gasteiger partial charge in [-0.1, -0.05) is 41.2 Å². The van der Waals surface area contributed by atoms with Crippen LogP contribution in [0, 0.1) is 20.8 Å². The number of carbonyl (C=O) groups is 1. The van der Waals surface area contributed by atoms with Crippen molar-refractivity contribution in [2.45, 2.75) is 32.1 Å². The predicted octanol–water partition coefficient (Wildman–Crippen LogP) is 4.02. The van der Waals surface area contributed by atoms with Gasteiger partial charge in [-0.3, -0.25) is 4.79 Å². The standard InChI is InChI=1S/C19H20N2O3S2/c1-12-4-8-15(9-5-12)26(23,24)11-10-16(22)20-19-21-17-13(2)6-7-14(3)18(17)25-19/h4-9H,10-11H2,1-3H3,(H,20,21,22). The maximum absolute atomic E-state index is 12.3. The molecule has 0 fully saturated rings. The van der Waals surface area contributed by atoms with Crippen LogP contribution in [0.3, 0.4) is 0 Å². The molecule has 0 aliphatic heterocycles. The van der Waals surface area contributed by atoms with E-state index in [0.717, 1.165) is 26.9 Å². The van der Waals surface area contributed by atoms with Crippen molar-refractivity contribution < 1.29 is 13.2 Å². The van der Waals surface area contributed by atoms with Gasteiger partial charge < -0.3 is 5.32 Å². The van der Waals surface area contributed by atoms with Gasteiger partial charge in [0.25, 0.3) is 0 Å². The molecule has 1 heterocycles. The molecular formula is C19H20N2O3S2. The average Bonchev–Trinajstić information content (AvgIpc) is 3.02. The Balaban J connectivity index is 1.68. The van der Waals surface area contributed by atoms with Crippen LogP contribution in [-0.4, -0.2) is 25.1 Å². The molecule has 0 saturated carbocycles. The fourth-order valence-corrected chi connectivity index (χ4v) is 4.85. The number of hydrogen-bond donors (Lipinski definition) is 1. The lowest BCUT2D eigenvalue weighted by Gasteiger charge is -2.05. The van der Waals surface area contributed by atoms with E-state index in [9.17, 15) is 13.2 Å². The summed E-state index contributed by atoms with van der Waals surface area (Å²) in [5.74, 6) is -0.583. The number of nitrogens with one attached hydrogen (secondary N) is 1. The highest BCUT2D eigenvalue weighted by atomic mass is 32.2. The highest BCUT2D eigenvalue weighted by Gasteiger charge is 2.17. The van der Waals surface area contributed by atoms with Crippen molar-refractivity contribution in [2.75, 3.05) is 11.1 Å². The van der Waals surface area contributed by atoms with Gasteiger partial charge in [0.1, 0.15) is 0 Å². The number of hydrogen-bond acceptors (Lipinski definition) is 5. The molecule has 0 aliphatic carbocycles. The van der Waals surface area contributed by atoms with Gasteiger partial charge in [-0.25, -0.2) is 13.4 Å². The van der Waals surface area contributed by atoms with E-state index in [0.29, 0.717) is 5.13 Å². The van der Waals surface area contributed by atoms with E-state index in [-0.39, 0.29) is 23.0 Å². The molecule has 5 nitrogen and oxygen atoms in total. The van der Waals surface area contributed by atoms with Gasteiger partial charge in [-0.2, -0.15) is 0 Å². The van der Waals surface area contributed by atoms with Crippen LogP contribution < -0.4 is 5.32 Å². The number of nitrogens with zero attached hydrogens (tertiary/aromatic N) is 1. The number of rotatable bonds is 5. The Morgan fingerprint density at radius 1 is 1.04 bits per heavy atom. The molecule has 0 saturated heterocycles. The van der Waals surface area contributed by atoms with Crippen molar-refractivity contribution in [2.24, 2.45) is 0 Å². The first-order chi connectivity index (χ1) is 12.3. The van der Waals surface area contributed by atoms with E-state index in [1.54, 1.807) is 24.3 Å². The van der Waals surface area contributed by atoms with Gasteiger partial charge in [0.2, 0.25) is 5.91 Å². The lowest BCUT2D eigenvalue weighted by molar-refractivity contribution is -0.115. The van der Waals surface area contributed by atoms with Gasteiger partial charge in [0.15, 0.2) is 15.0 Å². The third kappa shape index (κ3) is 3.94. The first kappa shape index (κ1) is 18.5. The summed E-state index contributed by atoms with van der Waals surface area (Å²) >= 11 is 1.41. The number of aryl methyl sites for hydroxylation is 3. The Kier molecular flexibility index (Phi) is 5.11. The monoisotopic (exact) mass is 388 g/mol. The maximum atomic E-state index is 12.3. The molecule has 0 atom stereocenters. The summed E-state index contributed by atoms with van der Waals surface area (Å²) in [6, 6.07) is 10.7. The number of sulfone groups is 1. The molecule has 7 heteroatoms. The lowest BCUT2D eigenvalue weighted by Crippen LogP contribution is -2.17. The quantitative estimate of drug-likeness (QED) is 0.716. The second kappa shape index (κ2) is 7.17. The van der Waals surface area contributed by atoms with Crippen LogP contribution in [0.5, 0.6) is 0 Å². The van der Waals surface area contributed by atoms with Crippen molar-refractivity contribution in [1.82, 2.24) is 4.98 Å². The number of fused-ring (bicyclic) bond motifs is 1. The third-order valence-corrected chi connectivity index (χ3v) is 7.00. The third-order valence-electron chi connectivity index (χ3n) is 4.17. The summed E-state index contributed by atoms with van der Waals surface area (Å²) in [5.41, 5.74) is 4.01. The first-order valence-corrected chi connectivity index (χ1v) is 10.7. The van der Waals surface area contributed by atoms with Crippen molar-refractivity contribution in [1.29, 1.82) is 0 Å². The number of amides is 1. The van der Waals surface area contributed by atoms with Crippen LogP contribution in [0.2, 0.25) is 0 Å². The minimum absolute atomic E-state index is 0.107. The zero-order valence-electron chi connectivity index (χ0n) is 14.9. The highest BCUT2D eigenvalue weighted by molar-refractivity contribution is 7.91. The minimum Gasteiger partial charge on any atom is -0.302 e. The molecule has 0 spiro atoms. The Hall–Kier alpha value is -2.25. The predicted molar refractivity (Wildman–Crippen MR) is 106 cm³/mol. The number of aromatic nitrogens is 1. The average molecular weight is 389 g/mol. The summed E-state index contributed by atoms with van der Waals surface area (Å²) in [4.78, 5) is 16.9. The van der Waals surface area contributed by atoms with Gasteiger partial charge in [0.05, 0.1) is 20.9 Å². The van der Waals surface area contributed by atoms with Gasteiger partial charge in [-0.05, 0) is 44.0 Å². The first-order valence-electron chi connectivity index (χ1n) is 8.22. The highest BCUT2D eigenvalue weighted by Crippen LogP contribution is 2.30. The largest absolute Gasteiger partial charge is 0.302 e. The number of thiazole rings is 1. The molecule has 1 amide bonds. The molecule has 3 rings (SSSR count). The fraction of sp³-hybridized carbons (Fsp3) is 0.263. The van der Waals surface area contributed by atoms with Crippen LogP contribution in [0.25, 0.3) is 10.2 Å². The molecular weight excluding hydrogens is 368 g/mol. The molecule has 3 aromatic rings. The van der Waals surface area contributed by atoms with Crippen LogP contribution in [0.15, 0.2) is 41.3 Å². The van der Waals surface area contributed by atoms with E-state index < -0.39 is 9.84 Å². The van der Waals surface area contributed by atoms with Crippen molar-refractivity contribution in [3.05, 3.63) is 53.1 Å². The second-order valence-electron chi connectivity index (χ2n) is 6.33. The molecule has 1 N–H and O–H groups in total. The number of anilines is 1. The molecule has 1 aromatic heterocycles. The Morgan fingerprint density at radius 3 is 2.35 bits per heavy atom. The molecule has 136 valence electrons. The van der Waals surface area contributed by atoms with E-state index in [1.165, 1.54) is 11.3 Å². The van der Waals surface area contributed by atoms with Crippen LogP contribution in [-0.2, 0) is 14.6 Å². The SMILES string of the molecule is Cc1ccc(S(=O)(=O)CCC(=O)Nc2nc3c(C)ccc(C)c3s2)cc1. The number of carbonyl (C=O) groups excluding carboxylic acids is 1. The zero-order valence-corrected chi connectivity index (χ0v) is 16.5. The zero-order chi connectivity index (χ0) is 18.9. The van der Waals surface area contributed by atoms with Gasteiger partial charge in [0, 0.05) is 6.42 Å². The lowest BCUT2D eigenvalue weighted by atomic mass is 10.1. The Labute approximate surface area is 157 Å². The van der Waals surface area contributed by atoms with Gasteiger partial charge in [-0.15, -0.1) is 0 Å². The summed E-state index contributed by atoms with van der Waals surface area (Å²) in [5, 5.41) is 3.22. The smallest absolute Gasteiger partial charge is 0.227 e. The van der Waals surface area contributed by atoms with E-state index in [4.69, 9.17) is 0 Å². The summed E-state index contributed by atoms with van der Waals surface area (Å²) in [6.45, 7) is 5.87. The van der Waals surface area contributed by atoms with Crippen LogP contribution in [0.1, 0.15) is 23.1 Å². The second-order valence-corrected chi connectivity index (χ2v) is 9.43. The van der Waals surface area contributed by atoms with Gasteiger partial charge >= 0.3 is 0 Å². The summed E-state index contributed by atoms with van der Waals surface area (Å²) in [7, 11) is -3.48. The van der Waals surface area contributed by atoms with E-state index in [1.807, 2.05) is 32.9 Å². The minimum atomic E-state index is -3.48. The Morgan fingerprint density at radius 2 is 1.69 bits per heavy atom. The van der Waals surface area contributed by atoms with Crippen molar-refractivity contribution >= 4 is 42.4 Å². The van der Waals surface area contributed by atoms with E-state index >= 15 is 0 Å². The molecule has 0 bridgehead atoms. The fourth-order valence-electron chi connectivity index (χ4n) is 2.59. The van der Waals surface area contributed by atoms with Crippen molar-refractivity contribution in [3.63, 3.8) is 0 Å². The van der Waals surface area contributed by atoms with E-state index in [2.05, 4.69) is 10.3 Å². The van der Waals surface area contributed by atoms with Crippen LogP contribution >= 0.6 is 11.3 Å². The topological polar surface area (TPSA) is 76.1 Å². The van der Waals surface area contributed by atoms with Crippen molar-refractivity contribution in [3.8, 4) is 0 Å². The Bertz CT molecular complexity index is 1030. The molecule has 26 heavy (non-hydrogen) atoms. The van der Waals surface area contributed by atoms with Crippen LogP contribution in [0.4, 0.5) is 5.13 Å². The number of benzene rings is 2. The summed E-state index contributed by atoms with van der Waals surface area (Å²) in [6.07, 6.45) is -0.107. The normalized spacial score (nSPS) is 11.7.